The predicted molar refractivity (Wildman–Crippen MR) is 77.9 cm³/mol. The molecule has 0 saturated carbocycles. The Bertz CT molecular complexity index is 745. The Kier molecular flexibility index (Phi) is 3.28. The number of fused-ring (bicyclic) bond motifs is 1. The molecule has 1 aromatic carbocycles. The quantitative estimate of drug-likeness (QED) is 0.795. The molecule has 0 aliphatic rings. The van der Waals surface area contributed by atoms with E-state index in [0.717, 1.165) is 5.39 Å². The summed E-state index contributed by atoms with van der Waals surface area (Å²) in [6.07, 6.45) is 2.50. The van der Waals surface area contributed by atoms with Gasteiger partial charge in [0.25, 0.3) is 0 Å². The van der Waals surface area contributed by atoms with Crippen molar-refractivity contribution < 1.29 is 9.52 Å². The highest BCUT2D eigenvalue weighted by molar-refractivity contribution is 6.34. The van der Waals surface area contributed by atoms with Gasteiger partial charge in [-0.05, 0) is 26.0 Å². The molecule has 2 aromatic heterocycles. The number of hydrogen-bond donors (Lipinski definition) is 1. The number of para-hydroxylation sites is 1. The van der Waals surface area contributed by atoms with Gasteiger partial charge in [0, 0.05) is 11.4 Å². The molecule has 1 N–H and O–H groups in total. The zero-order valence-electron chi connectivity index (χ0n) is 11.2. The van der Waals surface area contributed by atoms with Crippen molar-refractivity contribution in [3.8, 4) is 0 Å². The first-order valence-electron chi connectivity index (χ1n) is 6.45. The van der Waals surface area contributed by atoms with Crippen LogP contribution in [0.5, 0.6) is 0 Å². The van der Waals surface area contributed by atoms with Crippen molar-refractivity contribution in [1.82, 2.24) is 9.55 Å². The monoisotopic (exact) mass is 290 g/mol. The number of nitrogens with zero attached hydrogens (tertiary/aromatic N) is 2. The molecule has 104 valence electrons. The third-order valence-corrected chi connectivity index (χ3v) is 3.61. The highest BCUT2D eigenvalue weighted by Crippen LogP contribution is 2.32. The fourth-order valence-corrected chi connectivity index (χ4v) is 2.51. The molecule has 4 nitrogen and oxygen atoms in total. The third-order valence-electron chi connectivity index (χ3n) is 3.32. The molecule has 1 unspecified atom stereocenters. The zero-order valence-corrected chi connectivity index (χ0v) is 12.0. The smallest absolute Gasteiger partial charge is 0.153 e. The molecule has 5 heteroatoms. The molecule has 20 heavy (non-hydrogen) atoms. The summed E-state index contributed by atoms with van der Waals surface area (Å²) in [5.41, 5.74) is 1.30. The average Bonchev–Trinajstić information content (AvgIpc) is 3.05. The standard InChI is InChI=1S/C15H15ClN2O2/c1-9(2)18-8-17-7-12(18)14(19)13-6-10-4-3-5-11(16)15(10)20-13/h3-9,14,19H,1-2H3. The normalized spacial score (nSPS) is 13.2. The predicted octanol–water partition coefficient (Wildman–Crippen LogP) is 3.95. The second-order valence-electron chi connectivity index (χ2n) is 5.03. The maximum atomic E-state index is 10.5. The first-order chi connectivity index (χ1) is 9.58. The molecule has 0 aliphatic heterocycles. The molecule has 0 aliphatic carbocycles. The van der Waals surface area contributed by atoms with Gasteiger partial charge in [0.15, 0.2) is 11.7 Å². The van der Waals surface area contributed by atoms with Gasteiger partial charge in [0.05, 0.1) is 23.2 Å². The molecule has 0 amide bonds. The van der Waals surface area contributed by atoms with E-state index in [0.29, 0.717) is 22.1 Å². The molecule has 0 fully saturated rings. The van der Waals surface area contributed by atoms with Gasteiger partial charge in [-0.3, -0.25) is 0 Å². The SMILES string of the molecule is CC(C)n1cncc1C(O)c1cc2cccc(Cl)c2o1. The van der Waals surface area contributed by atoms with E-state index in [1.54, 1.807) is 18.6 Å². The van der Waals surface area contributed by atoms with Crippen molar-refractivity contribution in [1.29, 1.82) is 0 Å². The Hall–Kier alpha value is -1.78. The van der Waals surface area contributed by atoms with E-state index in [2.05, 4.69) is 4.98 Å². The fourth-order valence-electron chi connectivity index (χ4n) is 2.29. The van der Waals surface area contributed by atoms with E-state index >= 15 is 0 Å². The number of furan rings is 1. The maximum Gasteiger partial charge on any atom is 0.153 e. The van der Waals surface area contributed by atoms with E-state index in [1.165, 1.54) is 0 Å². The van der Waals surface area contributed by atoms with Crippen LogP contribution in [0.25, 0.3) is 11.0 Å². The third kappa shape index (κ3) is 2.11. The summed E-state index contributed by atoms with van der Waals surface area (Å²) in [5, 5.41) is 11.9. The molecule has 0 bridgehead atoms. The van der Waals surface area contributed by atoms with Crippen LogP contribution in [0.15, 0.2) is 41.2 Å². The van der Waals surface area contributed by atoms with Crippen LogP contribution in [0.3, 0.4) is 0 Å². The van der Waals surface area contributed by atoms with E-state index < -0.39 is 6.10 Å². The van der Waals surface area contributed by atoms with Crippen molar-refractivity contribution in [2.75, 3.05) is 0 Å². The lowest BCUT2D eigenvalue weighted by molar-refractivity contribution is 0.181. The molecule has 0 radical (unpaired) electrons. The number of benzene rings is 1. The minimum atomic E-state index is -0.858. The van der Waals surface area contributed by atoms with Crippen molar-refractivity contribution in [3.05, 3.63) is 53.3 Å². The Morgan fingerprint density at radius 3 is 2.85 bits per heavy atom. The number of aliphatic hydroxyl groups excluding tert-OH is 1. The van der Waals surface area contributed by atoms with Crippen LogP contribution in [0, 0.1) is 0 Å². The summed E-state index contributed by atoms with van der Waals surface area (Å²) in [5.74, 6) is 0.468. The van der Waals surface area contributed by atoms with Crippen molar-refractivity contribution in [3.63, 3.8) is 0 Å². The van der Waals surface area contributed by atoms with Crippen molar-refractivity contribution >= 4 is 22.6 Å². The number of aromatic nitrogens is 2. The number of imidazole rings is 1. The van der Waals surface area contributed by atoms with Gasteiger partial charge in [-0.15, -0.1) is 0 Å². The van der Waals surface area contributed by atoms with E-state index in [9.17, 15) is 5.11 Å². The van der Waals surface area contributed by atoms with Gasteiger partial charge in [-0.25, -0.2) is 4.98 Å². The molecular formula is C15H15ClN2O2. The second-order valence-corrected chi connectivity index (χ2v) is 5.44. The summed E-state index contributed by atoms with van der Waals surface area (Å²) in [4.78, 5) is 4.10. The van der Waals surface area contributed by atoms with Crippen LogP contribution < -0.4 is 0 Å². The molecule has 0 saturated heterocycles. The molecule has 0 spiro atoms. The Morgan fingerprint density at radius 2 is 2.15 bits per heavy atom. The number of aliphatic hydroxyl groups is 1. The van der Waals surface area contributed by atoms with Gasteiger partial charge >= 0.3 is 0 Å². The van der Waals surface area contributed by atoms with E-state index in [4.69, 9.17) is 16.0 Å². The number of halogens is 1. The van der Waals surface area contributed by atoms with Crippen LogP contribution in [0.4, 0.5) is 0 Å². The van der Waals surface area contributed by atoms with Gasteiger partial charge in [0.1, 0.15) is 5.76 Å². The van der Waals surface area contributed by atoms with Crippen molar-refractivity contribution in [2.24, 2.45) is 0 Å². The largest absolute Gasteiger partial charge is 0.456 e. The molecule has 3 aromatic rings. The summed E-state index contributed by atoms with van der Waals surface area (Å²) in [6, 6.07) is 7.55. The Labute approximate surface area is 121 Å². The Balaban J connectivity index is 2.06. The van der Waals surface area contributed by atoms with E-state index in [-0.39, 0.29) is 6.04 Å². The zero-order chi connectivity index (χ0) is 14.3. The minimum absolute atomic E-state index is 0.218. The fraction of sp³-hybridized carbons (Fsp3) is 0.267. The first-order valence-corrected chi connectivity index (χ1v) is 6.83. The van der Waals surface area contributed by atoms with E-state index in [1.807, 2.05) is 36.6 Å². The highest BCUT2D eigenvalue weighted by atomic mass is 35.5. The van der Waals surface area contributed by atoms with Gasteiger partial charge < -0.3 is 14.1 Å². The van der Waals surface area contributed by atoms with Gasteiger partial charge in [-0.2, -0.15) is 0 Å². The minimum Gasteiger partial charge on any atom is -0.456 e. The van der Waals surface area contributed by atoms with Crippen LogP contribution in [-0.2, 0) is 0 Å². The summed E-state index contributed by atoms with van der Waals surface area (Å²) in [6.45, 7) is 4.07. The lowest BCUT2D eigenvalue weighted by atomic mass is 10.2. The van der Waals surface area contributed by atoms with Gasteiger partial charge in [0.2, 0.25) is 0 Å². The van der Waals surface area contributed by atoms with Crippen LogP contribution in [-0.4, -0.2) is 14.7 Å². The summed E-state index contributed by atoms with van der Waals surface area (Å²) >= 11 is 6.09. The first kappa shape index (κ1) is 13.2. The second kappa shape index (κ2) is 4.96. The van der Waals surface area contributed by atoms with Crippen LogP contribution in [0.2, 0.25) is 5.02 Å². The van der Waals surface area contributed by atoms with Gasteiger partial charge in [-0.1, -0.05) is 23.7 Å². The number of rotatable bonds is 3. The number of hydrogen-bond acceptors (Lipinski definition) is 3. The molecule has 2 heterocycles. The molecule has 3 rings (SSSR count). The van der Waals surface area contributed by atoms with Crippen LogP contribution in [0.1, 0.15) is 37.4 Å². The van der Waals surface area contributed by atoms with Crippen molar-refractivity contribution in [2.45, 2.75) is 26.0 Å². The Morgan fingerprint density at radius 1 is 1.35 bits per heavy atom. The topological polar surface area (TPSA) is 51.2 Å². The highest BCUT2D eigenvalue weighted by Gasteiger charge is 2.21. The lowest BCUT2D eigenvalue weighted by Crippen LogP contribution is -2.09. The summed E-state index contributed by atoms with van der Waals surface area (Å²) < 4.78 is 7.61. The molecule has 1 atom stereocenters. The average molecular weight is 291 g/mol. The lowest BCUT2D eigenvalue weighted by Gasteiger charge is -2.14. The molecular weight excluding hydrogens is 276 g/mol. The maximum absolute atomic E-state index is 10.5. The summed E-state index contributed by atoms with van der Waals surface area (Å²) in [7, 11) is 0. The van der Waals surface area contributed by atoms with Crippen LogP contribution >= 0.6 is 11.6 Å².